The maximum atomic E-state index is 11.9. The van der Waals surface area contributed by atoms with Gasteiger partial charge in [-0.05, 0) is 31.4 Å². The molecule has 1 saturated carbocycles. The highest BCUT2D eigenvalue weighted by atomic mass is 32.1. The molecule has 106 valence electrons. The van der Waals surface area contributed by atoms with E-state index in [9.17, 15) is 9.90 Å². The van der Waals surface area contributed by atoms with Gasteiger partial charge in [0.2, 0.25) is 5.91 Å². The monoisotopic (exact) mass is 281 g/mol. The van der Waals surface area contributed by atoms with Crippen molar-refractivity contribution in [2.75, 3.05) is 0 Å². The van der Waals surface area contributed by atoms with Gasteiger partial charge in [0.25, 0.3) is 0 Å². The average Bonchev–Trinajstić information content (AvgIpc) is 2.84. The van der Waals surface area contributed by atoms with E-state index in [0.29, 0.717) is 6.54 Å². The highest BCUT2D eigenvalue weighted by molar-refractivity contribution is 7.11. The van der Waals surface area contributed by atoms with Gasteiger partial charge in [-0.1, -0.05) is 26.2 Å². The molecule has 3 nitrogen and oxygen atoms in total. The minimum absolute atomic E-state index is 0.0316. The Labute approximate surface area is 119 Å². The highest BCUT2D eigenvalue weighted by Gasteiger charge is 2.31. The molecule has 0 bridgehead atoms. The third-order valence-corrected chi connectivity index (χ3v) is 5.03. The number of carbonyl (C=O) groups is 1. The zero-order chi connectivity index (χ0) is 13.7. The zero-order valence-electron chi connectivity index (χ0n) is 11.6. The van der Waals surface area contributed by atoms with Crippen LogP contribution in [0.4, 0.5) is 0 Å². The van der Waals surface area contributed by atoms with Crippen molar-refractivity contribution in [3.8, 4) is 0 Å². The van der Waals surface area contributed by atoms with E-state index in [4.69, 9.17) is 0 Å². The molecule has 1 heterocycles. The fourth-order valence-corrected chi connectivity index (χ4v) is 3.54. The lowest BCUT2D eigenvalue weighted by molar-refractivity contribution is -0.127. The molecule has 0 saturated heterocycles. The summed E-state index contributed by atoms with van der Waals surface area (Å²) in [6, 6.07) is 4.18. The molecule has 1 amide bonds. The van der Waals surface area contributed by atoms with E-state index in [1.807, 2.05) is 0 Å². The second-order valence-electron chi connectivity index (χ2n) is 5.46. The predicted molar refractivity (Wildman–Crippen MR) is 78.2 cm³/mol. The van der Waals surface area contributed by atoms with Crippen LogP contribution in [0.5, 0.6) is 0 Å². The summed E-state index contributed by atoms with van der Waals surface area (Å²) < 4.78 is 0. The Morgan fingerprint density at radius 3 is 2.63 bits per heavy atom. The van der Waals surface area contributed by atoms with Gasteiger partial charge >= 0.3 is 0 Å². The summed E-state index contributed by atoms with van der Waals surface area (Å²) in [4.78, 5) is 14.4. The summed E-state index contributed by atoms with van der Waals surface area (Å²) in [6.45, 7) is 2.71. The number of thiophene rings is 1. The van der Waals surface area contributed by atoms with Crippen molar-refractivity contribution < 1.29 is 9.90 Å². The molecule has 1 aliphatic rings. The number of carbonyl (C=O) groups excluding carboxylic acids is 1. The fraction of sp³-hybridized carbons (Fsp3) is 0.667. The number of amides is 1. The standard InChI is InChI=1S/C15H23NO2S/c1-2-12-6-7-13(19-12)11-16-14(17)10-15(18)8-4-3-5-9-15/h6-7,18H,2-5,8-11H2,1H3,(H,16,17). The fourth-order valence-electron chi connectivity index (χ4n) is 2.64. The van der Waals surface area contributed by atoms with Crippen molar-refractivity contribution in [2.45, 2.75) is 64.0 Å². The van der Waals surface area contributed by atoms with Crippen molar-refractivity contribution in [2.24, 2.45) is 0 Å². The van der Waals surface area contributed by atoms with Gasteiger partial charge < -0.3 is 10.4 Å². The number of aryl methyl sites for hydroxylation is 1. The van der Waals surface area contributed by atoms with Gasteiger partial charge in [0, 0.05) is 9.75 Å². The third-order valence-electron chi connectivity index (χ3n) is 3.80. The van der Waals surface area contributed by atoms with Gasteiger partial charge in [-0.25, -0.2) is 0 Å². The van der Waals surface area contributed by atoms with E-state index in [1.54, 1.807) is 11.3 Å². The van der Waals surface area contributed by atoms with Crippen molar-refractivity contribution in [3.05, 3.63) is 21.9 Å². The van der Waals surface area contributed by atoms with Crippen LogP contribution in [-0.2, 0) is 17.8 Å². The number of hydrogen-bond donors (Lipinski definition) is 2. The SMILES string of the molecule is CCc1ccc(CNC(=O)CC2(O)CCCCC2)s1. The second kappa shape index (κ2) is 6.53. The third kappa shape index (κ3) is 4.32. The van der Waals surface area contributed by atoms with Crippen LogP contribution in [0.1, 0.15) is 55.2 Å². The normalized spacial score (nSPS) is 18.2. The van der Waals surface area contributed by atoms with Gasteiger partial charge in [-0.3, -0.25) is 4.79 Å². The maximum absolute atomic E-state index is 11.9. The van der Waals surface area contributed by atoms with Crippen LogP contribution in [0, 0.1) is 0 Å². The van der Waals surface area contributed by atoms with Crippen LogP contribution in [0.25, 0.3) is 0 Å². The first-order valence-electron chi connectivity index (χ1n) is 7.18. The van der Waals surface area contributed by atoms with Crippen LogP contribution < -0.4 is 5.32 Å². The van der Waals surface area contributed by atoms with Gasteiger partial charge in [-0.15, -0.1) is 11.3 Å². The minimum Gasteiger partial charge on any atom is -0.389 e. The van der Waals surface area contributed by atoms with E-state index in [2.05, 4.69) is 24.4 Å². The Morgan fingerprint density at radius 2 is 2.00 bits per heavy atom. The summed E-state index contributed by atoms with van der Waals surface area (Å²) in [6.07, 6.45) is 6.07. The molecule has 19 heavy (non-hydrogen) atoms. The maximum Gasteiger partial charge on any atom is 0.223 e. The van der Waals surface area contributed by atoms with Crippen molar-refractivity contribution >= 4 is 17.2 Å². The van der Waals surface area contributed by atoms with Crippen LogP contribution >= 0.6 is 11.3 Å². The Bertz CT molecular complexity index is 422. The summed E-state index contributed by atoms with van der Waals surface area (Å²) in [7, 11) is 0. The summed E-state index contributed by atoms with van der Waals surface area (Å²) >= 11 is 1.74. The van der Waals surface area contributed by atoms with Gasteiger partial charge in [-0.2, -0.15) is 0 Å². The molecule has 1 aromatic heterocycles. The number of nitrogens with one attached hydrogen (secondary N) is 1. The number of hydrogen-bond acceptors (Lipinski definition) is 3. The first-order chi connectivity index (χ1) is 9.11. The molecule has 1 aromatic rings. The largest absolute Gasteiger partial charge is 0.389 e. The van der Waals surface area contributed by atoms with E-state index in [1.165, 1.54) is 16.2 Å². The van der Waals surface area contributed by atoms with Crippen molar-refractivity contribution in [1.82, 2.24) is 5.32 Å². The molecular formula is C15H23NO2S. The molecule has 0 aromatic carbocycles. The molecule has 0 radical (unpaired) electrons. The Hall–Kier alpha value is -0.870. The molecule has 1 aliphatic carbocycles. The minimum atomic E-state index is -0.758. The Balaban J connectivity index is 1.77. The zero-order valence-corrected chi connectivity index (χ0v) is 12.4. The molecule has 1 fully saturated rings. The molecule has 2 N–H and O–H groups in total. The number of rotatable bonds is 5. The van der Waals surface area contributed by atoms with Gasteiger partial charge in [0.15, 0.2) is 0 Å². The van der Waals surface area contributed by atoms with Crippen LogP contribution in [0.2, 0.25) is 0 Å². The van der Waals surface area contributed by atoms with E-state index in [0.717, 1.165) is 32.1 Å². The van der Waals surface area contributed by atoms with Crippen molar-refractivity contribution in [3.63, 3.8) is 0 Å². The lowest BCUT2D eigenvalue weighted by Gasteiger charge is -2.31. The average molecular weight is 281 g/mol. The smallest absolute Gasteiger partial charge is 0.223 e. The van der Waals surface area contributed by atoms with Crippen molar-refractivity contribution in [1.29, 1.82) is 0 Å². The van der Waals surface area contributed by atoms with Gasteiger partial charge in [0.1, 0.15) is 0 Å². The first-order valence-corrected chi connectivity index (χ1v) is 8.00. The molecule has 0 spiro atoms. The summed E-state index contributed by atoms with van der Waals surface area (Å²) in [5.41, 5.74) is -0.758. The Morgan fingerprint density at radius 1 is 1.32 bits per heavy atom. The number of aliphatic hydroxyl groups is 1. The Kier molecular flexibility index (Phi) is 4.99. The van der Waals surface area contributed by atoms with Crippen LogP contribution in [0.15, 0.2) is 12.1 Å². The molecular weight excluding hydrogens is 258 g/mol. The summed E-state index contributed by atoms with van der Waals surface area (Å²) in [5.74, 6) is -0.0316. The highest BCUT2D eigenvalue weighted by Crippen LogP contribution is 2.30. The van der Waals surface area contributed by atoms with E-state index < -0.39 is 5.60 Å². The molecule has 2 rings (SSSR count). The summed E-state index contributed by atoms with van der Waals surface area (Å²) in [5, 5.41) is 13.2. The molecule has 4 heteroatoms. The van der Waals surface area contributed by atoms with Gasteiger partial charge in [0.05, 0.1) is 18.6 Å². The molecule has 0 aliphatic heterocycles. The second-order valence-corrected chi connectivity index (χ2v) is 6.71. The predicted octanol–water partition coefficient (Wildman–Crippen LogP) is 3.01. The molecule has 0 atom stereocenters. The van der Waals surface area contributed by atoms with E-state index in [-0.39, 0.29) is 12.3 Å². The van der Waals surface area contributed by atoms with Crippen LogP contribution in [-0.4, -0.2) is 16.6 Å². The lowest BCUT2D eigenvalue weighted by Crippen LogP contribution is -2.38. The van der Waals surface area contributed by atoms with E-state index >= 15 is 0 Å². The topological polar surface area (TPSA) is 49.3 Å². The quantitative estimate of drug-likeness (QED) is 0.871. The first kappa shape index (κ1) is 14.5. The van der Waals surface area contributed by atoms with Crippen LogP contribution in [0.3, 0.4) is 0 Å². The lowest BCUT2D eigenvalue weighted by atomic mass is 9.82. The molecule has 0 unspecified atom stereocenters.